The highest BCUT2D eigenvalue weighted by Gasteiger charge is 2.26. The van der Waals surface area contributed by atoms with Crippen molar-refractivity contribution >= 4 is 23.1 Å². The summed E-state index contributed by atoms with van der Waals surface area (Å²) in [6.45, 7) is 5.63. The van der Waals surface area contributed by atoms with Crippen LogP contribution in [0.5, 0.6) is 5.75 Å². The van der Waals surface area contributed by atoms with Crippen LogP contribution in [0.2, 0.25) is 0 Å². The number of rotatable bonds is 8. The monoisotopic (exact) mass is 477 g/mol. The molecule has 2 aliphatic rings. The topological polar surface area (TPSA) is 86.7 Å². The lowest BCUT2D eigenvalue weighted by molar-refractivity contribution is 0.0283. The summed E-state index contributed by atoms with van der Waals surface area (Å²) in [6.07, 6.45) is 10.4. The zero-order valence-electron chi connectivity index (χ0n) is 19.8. The first-order valence-electron chi connectivity index (χ1n) is 12.0. The van der Waals surface area contributed by atoms with Crippen molar-refractivity contribution in [1.29, 1.82) is 5.26 Å². The quantitative estimate of drug-likeness (QED) is 0.510. The molecule has 4 heterocycles. The predicted octanol–water partition coefficient (Wildman–Crippen LogP) is 4.53. The number of nitriles is 1. The Morgan fingerprint density at radius 3 is 2.65 bits per heavy atom. The molecule has 5 rings (SSSR count). The van der Waals surface area contributed by atoms with Crippen LogP contribution in [0, 0.1) is 17.2 Å². The van der Waals surface area contributed by atoms with Crippen molar-refractivity contribution in [2.45, 2.75) is 50.4 Å². The van der Waals surface area contributed by atoms with Crippen molar-refractivity contribution in [2.75, 3.05) is 30.3 Å². The largest absolute Gasteiger partial charge is 0.489 e. The molecular weight excluding hydrogens is 446 g/mol. The fourth-order valence-electron chi connectivity index (χ4n) is 4.28. The van der Waals surface area contributed by atoms with E-state index in [1.54, 1.807) is 30.8 Å². The van der Waals surface area contributed by atoms with Crippen LogP contribution in [0.1, 0.15) is 45.1 Å². The number of aliphatic hydroxyl groups is 1. The lowest BCUT2D eigenvalue weighted by Crippen LogP contribution is -2.35. The number of nitrogens with zero attached hydrogens (tertiary/aromatic N) is 5. The molecule has 2 fully saturated rings. The lowest BCUT2D eigenvalue weighted by Gasteiger charge is -2.32. The fraction of sp³-hybridized carbons (Fsp3) is 0.500. The van der Waals surface area contributed by atoms with Crippen LogP contribution in [0.3, 0.4) is 0 Å². The first-order chi connectivity index (χ1) is 16.4. The summed E-state index contributed by atoms with van der Waals surface area (Å²) >= 11 is 2.17. The minimum Gasteiger partial charge on any atom is -0.489 e. The smallest absolute Gasteiger partial charge is 0.138 e. The molecule has 1 saturated carbocycles. The Hall–Kier alpha value is -2.76. The van der Waals surface area contributed by atoms with Crippen molar-refractivity contribution < 1.29 is 9.84 Å². The molecule has 0 aromatic carbocycles. The van der Waals surface area contributed by atoms with Crippen molar-refractivity contribution in [2.24, 2.45) is 5.92 Å². The van der Waals surface area contributed by atoms with Crippen LogP contribution in [-0.2, 0) is 0 Å². The first-order valence-corrected chi connectivity index (χ1v) is 13.0. The maximum absolute atomic E-state index is 10.0. The molecular formula is C26H31N5O2S. The predicted molar refractivity (Wildman–Crippen MR) is 135 cm³/mol. The molecule has 0 spiro atoms. The van der Waals surface area contributed by atoms with E-state index in [1.165, 1.54) is 31.4 Å². The number of hydrogen-bond donors (Lipinski definition) is 1. The molecule has 0 atom stereocenters. The van der Waals surface area contributed by atoms with E-state index in [1.807, 2.05) is 12.3 Å². The van der Waals surface area contributed by atoms with Gasteiger partial charge in [-0.1, -0.05) is 0 Å². The standard InChI is InChI=1S/C26H31N5O2S/c1-26(2,32)17-33-21-11-23(25-20(12-27)14-29-31(25)15-21)19-5-6-24(28-13-19)30-9-7-22(8-10-30)34-16-18-3-4-18/h5-6,11,13-15,18,22,32H,3-4,7-10,16-17H2,1-2H3. The number of ether oxygens (including phenoxy) is 1. The van der Waals surface area contributed by atoms with E-state index in [9.17, 15) is 10.4 Å². The van der Waals surface area contributed by atoms with Gasteiger partial charge in [-0.2, -0.15) is 22.1 Å². The highest BCUT2D eigenvalue weighted by Crippen LogP contribution is 2.36. The third kappa shape index (κ3) is 5.31. The first kappa shape index (κ1) is 23.0. The summed E-state index contributed by atoms with van der Waals surface area (Å²) in [5.41, 5.74) is 2.00. The number of pyridine rings is 2. The third-order valence-corrected chi connectivity index (χ3v) is 8.00. The van der Waals surface area contributed by atoms with Gasteiger partial charge in [-0.3, -0.25) is 0 Å². The van der Waals surface area contributed by atoms with Gasteiger partial charge in [-0.25, -0.2) is 9.50 Å². The number of fused-ring (bicyclic) bond motifs is 1. The maximum atomic E-state index is 10.0. The molecule has 1 aliphatic heterocycles. The van der Waals surface area contributed by atoms with Crippen molar-refractivity contribution in [1.82, 2.24) is 14.6 Å². The molecule has 3 aromatic heterocycles. The minimum atomic E-state index is -0.954. The Morgan fingerprint density at radius 1 is 1.21 bits per heavy atom. The Kier molecular flexibility index (Phi) is 6.41. The third-order valence-electron chi connectivity index (χ3n) is 6.39. The molecule has 1 aliphatic carbocycles. The fourth-order valence-corrected chi connectivity index (χ4v) is 5.70. The second-order valence-corrected chi connectivity index (χ2v) is 11.4. The van der Waals surface area contributed by atoms with Crippen molar-refractivity contribution in [3.05, 3.63) is 42.4 Å². The Labute approximate surface area is 204 Å². The number of hydrogen-bond acceptors (Lipinski definition) is 7. The van der Waals surface area contributed by atoms with Gasteiger partial charge in [-0.15, -0.1) is 0 Å². The Balaban J connectivity index is 1.34. The average Bonchev–Trinajstić information content (AvgIpc) is 3.58. The van der Waals surface area contributed by atoms with E-state index in [0.29, 0.717) is 11.3 Å². The molecule has 34 heavy (non-hydrogen) atoms. The average molecular weight is 478 g/mol. The summed E-state index contributed by atoms with van der Waals surface area (Å²) in [6, 6.07) is 8.24. The van der Waals surface area contributed by atoms with Gasteiger partial charge in [-0.05, 0) is 69.4 Å². The lowest BCUT2D eigenvalue weighted by atomic mass is 10.0. The summed E-state index contributed by atoms with van der Waals surface area (Å²) in [7, 11) is 0. The number of aromatic nitrogens is 3. The SMILES string of the molecule is CC(C)(O)COc1cc(-c2ccc(N3CCC(SCC4CC4)CC3)nc2)c2c(C#N)cnn2c1. The van der Waals surface area contributed by atoms with E-state index >= 15 is 0 Å². The van der Waals surface area contributed by atoms with Gasteiger partial charge in [0.2, 0.25) is 0 Å². The Morgan fingerprint density at radius 2 is 2.00 bits per heavy atom. The molecule has 3 aromatic rings. The van der Waals surface area contributed by atoms with Crippen LogP contribution in [0.4, 0.5) is 5.82 Å². The zero-order valence-corrected chi connectivity index (χ0v) is 20.6. The molecule has 0 radical (unpaired) electrons. The van der Waals surface area contributed by atoms with Crippen LogP contribution in [-0.4, -0.2) is 56.0 Å². The van der Waals surface area contributed by atoms with E-state index in [-0.39, 0.29) is 6.61 Å². The number of piperidine rings is 1. The van der Waals surface area contributed by atoms with Crippen LogP contribution in [0.15, 0.2) is 36.8 Å². The highest BCUT2D eigenvalue weighted by atomic mass is 32.2. The van der Waals surface area contributed by atoms with E-state index in [2.05, 4.69) is 40.0 Å². The van der Waals surface area contributed by atoms with Crippen molar-refractivity contribution in [3.63, 3.8) is 0 Å². The van der Waals surface area contributed by atoms with Crippen LogP contribution < -0.4 is 9.64 Å². The van der Waals surface area contributed by atoms with Crippen LogP contribution in [0.25, 0.3) is 16.6 Å². The summed E-state index contributed by atoms with van der Waals surface area (Å²) < 4.78 is 7.48. The zero-order chi connectivity index (χ0) is 23.7. The molecule has 1 N–H and O–H groups in total. The van der Waals surface area contributed by atoms with E-state index in [4.69, 9.17) is 9.72 Å². The van der Waals surface area contributed by atoms with Gasteiger partial charge in [0, 0.05) is 35.7 Å². The molecule has 7 nitrogen and oxygen atoms in total. The van der Waals surface area contributed by atoms with Gasteiger partial charge in [0.15, 0.2) is 0 Å². The van der Waals surface area contributed by atoms with Crippen molar-refractivity contribution in [3.8, 4) is 22.9 Å². The van der Waals surface area contributed by atoms with Gasteiger partial charge >= 0.3 is 0 Å². The summed E-state index contributed by atoms with van der Waals surface area (Å²) in [5.74, 6) is 3.89. The second-order valence-electron chi connectivity index (χ2n) is 10.0. The molecule has 0 bridgehead atoms. The molecule has 1 saturated heterocycles. The van der Waals surface area contributed by atoms with Gasteiger partial charge in [0.05, 0.1) is 29.1 Å². The minimum absolute atomic E-state index is 0.149. The van der Waals surface area contributed by atoms with E-state index < -0.39 is 5.60 Å². The van der Waals surface area contributed by atoms with Gasteiger partial charge < -0.3 is 14.7 Å². The van der Waals surface area contributed by atoms with E-state index in [0.717, 1.165) is 46.7 Å². The van der Waals surface area contributed by atoms with Gasteiger partial charge in [0.25, 0.3) is 0 Å². The molecule has 178 valence electrons. The normalized spacial score (nSPS) is 17.2. The molecule has 0 unspecified atom stereocenters. The number of anilines is 1. The second kappa shape index (κ2) is 9.47. The number of thioether (sulfide) groups is 1. The maximum Gasteiger partial charge on any atom is 0.138 e. The summed E-state index contributed by atoms with van der Waals surface area (Å²) in [4.78, 5) is 7.15. The van der Waals surface area contributed by atoms with Gasteiger partial charge in [0.1, 0.15) is 24.2 Å². The van der Waals surface area contributed by atoms with Crippen LogP contribution >= 0.6 is 11.8 Å². The molecule has 8 heteroatoms. The highest BCUT2D eigenvalue weighted by molar-refractivity contribution is 7.99. The molecule has 0 amide bonds. The Bertz CT molecular complexity index is 1180. The summed E-state index contributed by atoms with van der Waals surface area (Å²) in [5, 5.41) is 24.7.